The molecule has 1 aliphatic heterocycles. The quantitative estimate of drug-likeness (QED) is 0.616. The first-order chi connectivity index (χ1) is 16.2. The number of hydrogen-bond acceptors (Lipinski definition) is 5. The molecule has 190 valence electrons. The highest BCUT2D eigenvalue weighted by Gasteiger charge is 2.23. The van der Waals surface area contributed by atoms with E-state index in [0.717, 1.165) is 32.5 Å². The molecular weight excluding hydrogens is 441 g/mol. The molecule has 0 atom stereocenters. The number of carboxylic acid groups (broad SMARTS) is 1. The number of methoxy groups -OCH3 is 1. The summed E-state index contributed by atoms with van der Waals surface area (Å²) >= 11 is 0. The van der Waals surface area contributed by atoms with Crippen LogP contribution < -0.4 is 4.90 Å². The van der Waals surface area contributed by atoms with Crippen LogP contribution in [0, 0.1) is 11.7 Å². The maximum Gasteiger partial charge on any atom is 0.303 e. The number of ether oxygens (including phenoxy) is 1. The molecule has 0 radical (unpaired) electrons. The van der Waals surface area contributed by atoms with Gasteiger partial charge in [0.1, 0.15) is 12.4 Å². The Hall–Kier alpha value is -2.52. The highest BCUT2D eigenvalue weighted by atomic mass is 19.1. The molecule has 2 amide bonds. The predicted octanol–water partition coefficient (Wildman–Crippen LogP) is 3.14. The van der Waals surface area contributed by atoms with E-state index in [1.807, 2.05) is 0 Å². The molecule has 8 nitrogen and oxygen atoms in total. The Kier molecular flexibility index (Phi) is 11.4. The van der Waals surface area contributed by atoms with E-state index < -0.39 is 11.8 Å². The zero-order valence-corrected chi connectivity index (χ0v) is 20.6. The second-order valence-electron chi connectivity index (χ2n) is 9.22. The van der Waals surface area contributed by atoms with Crippen LogP contribution in [0.2, 0.25) is 0 Å². The second-order valence-corrected chi connectivity index (χ2v) is 9.22. The summed E-state index contributed by atoms with van der Waals surface area (Å²) in [6.07, 6.45) is 1.80. The summed E-state index contributed by atoms with van der Waals surface area (Å²) in [5, 5.41) is 8.91. The van der Waals surface area contributed by atoms with Crippen molar-refractivity contribution in [3.63, 3.8) is 0 Å². The molecule has 1 aliphatic rings. The second kappa shape index (κ2) is 14.0. The van der Waals surface area contributed by atoms with E-state index in [2.05, 4.69) is 18.7 Å². The van der Waals surface area contributed by atoms with Crippen LogP contribution in [-0.2, 0) is 25.7 Å². The van der Waals surface area contributed by atoms with Gasteiger partial charge >= 0.3 is 5.97 Å². The van der Waals surface area contributed by atoms with Crippen LogP contribution in [0.4, 0.5) is 10.1 Å². The fourth-order valence-corrected chi connectivity index (χ4v) is 4.32. The van der Waals surface area contributed by atoms with E-state index in [0.29, 0.717) is 30.3 Å². The molecule has 0 bridgehead atoms. The Morgan fingerprint density at radius 2 is 1.76 bits per heavy atom. The summed E-state index contributed by atoms with van der Waals surface area (Å²) < 4.78 is 19.3. The van der Waals surface area contributed by atoms with Gasteiger partial charge in [-0.25, -0.2) is 4.39 Å². The van der Waals surface area contributed by atoms with Gasteiger partial charge in [0.25, 0.3) is 5.91 Å². The summed E-state index contributed by atoms with van der Waals surface area (Å²) in [5.74, 6) is -1.28. The average Bonchev–Trinajstić information content (AvgIpc) is 2.75. The van der Waals surface area contributed by atoms with Crippen LogP contribution in [0.5, 0.6) is 0 Å². The minimum atomic E-state index is -0.939. The SMILES string of the molecule is COCC(=O)N1CCCN(CC(C)C)CCCN(C(=O)CCCC(=O)O)Cc2cc(F)ccc21. The van der Waals surface area contributed by atoms with Gasteiger partial charge < -0.3 is 24.5 Å². The van der Waals surface area contributed by atoms with Crippen LogP contribution in [0.1, 0.15) is 51.5 Å². The largest absolute Gasteiger partial charge is 0.481 e. The lowest BCUT2D eigenvalue weighted by Gasteiger charge is -2.32. The fraction of sp³-hybridized carbons (Fsp3) is 0.640. The van der Waals surface area contributed by atoms with E-state index in [-0.39, 0.29) is 44.2 Å². The molecule has 9 heteroatoms. The molecule has 0 saturated carbocycles. The summed E-state index contributed by atoms with van der Waals surface area (Å²) in [4.78, 5) is 42.4. The van der Waals surface area contributed by atoms with E-state index in [1.54, 1.807) is 15.9 Å². The van der Waals surface area contributed by atoms with Crippen molar-refractivity contribution in [2.75, 3.05) is 51.3 Å². The van der Waals surface area contributed by atoms with Crippen molar-refractivity contribution in [2.24, 2.45) is 5.92 Å². The van der Waals surface area contributed by atoms with Gasteiger partial charge in [-0.3, -0.25) is 14.4 Å². The number of benzene rings is 1. The van der Waals surface area contributed by atoms with Crippen molar-refractivity contribution in [1.82, 2.24) is 9.80 Å². The van der Waals surface area contributed by atoms with E-state index in [4.69, 9.17) is 9.84 Å². The summed E-state index contributed by atoms with van der Waals surface area (Å²) in [6.45, 7) is 7.84. The van der Waals surface area contributed by atoms with Gasteiger partial charge in [-0.2, -0.15) is 0 Å². The number of rotatable bonds is 8. The molecular formula is C25H38FN3O5. The first-order valence-corrected chi connectivity index (χ1v) is 12.0. The van der Waals surface area contributed by atoms with Gasteiger partial charge in [0.2, 0.25) is 5.91 Å². The van der Waals surface area contributed by atoms with Crippen molar-refractivity contribution in [3.8, 4) is 0 Å². The first-order valence-electron chi connectivity index (χ1n) is 12.0. The standard InChI is InChI=1S/C25H38FN3O5/c1-19(2)16-27-11-5-13-28(23(30)7-4-8-25(32)33)17-20-15-21(26)9-10-22(20)29(14-6-12-27)24(31)18-34-3/h9-10,15,19H,4-8,11-14,16-18H2,1-3H3,(H,32,33). The van der Waals surface area contributed by atoms with E-state index in [9.17, 15) is 18.8 Å². The van der Waals surface area contributed by atoms with Gasteiger partial charge in [-0.15, -0.1) is 0 Å². The van der Waals surface area contributed by atoms with Crippen molar-refractivity contribution in [1.29, 1.82) is 0 Å². The number of anilines is 1. The highest BCUT2D eigenvalue weighted by Crippen LogP contribution is 2.25. The van der Waals surface area contributed by atoms with Crippen LogP contribution in [-0.4, -0.2) is 79.1 Å². The summed E-state index contributed by atoms with van der Waals surface area (Å²) in [6, 6.07) is 4.28. The fourth-order valence-electron chi connectivity index (χ4n) is 4.32. The number of fused-ring (bicyclic) bond motifs is 1. The molecule has 1 N–H and O–H groups in total. The number of aliphatic carboxylic acids is 1. The van der Waals surface area contributed by atoms with Gasteiger partial charge in [0.15, 0.2) is 0 Å². The summed E-state index contributed by atoms with van der Waals surface area (Å²) in [7, 11) is 1.46. The van der Waals surface area contributed by atoms with Crippen LogP contribution >= 0.6 is 0 Å². The molecule has 34 heavy (non-hydrogen) atoms. The normalized spacial score (nSPS) is 16.0. The van der Waals surface area contributed by atoms with Crippen LogP contribution in [0.3, 0.4) is 0 Å². The maximum absolute atomic E-state index is 14.2. The lowest BCUT2D eigenvalue weighted by Crippen LogP contribution is -2.40. The zero-order chi connectivity index (χ0) is 25.1. The smallest absolute Gasteiger partial charge is 0.303 e. The molecule has 1 heterocycles. The van der Waals surface area contributed by atoms with E-state index in [1.165, 1.54) is 19.2 Å². The van der Waals surface area contributed by atoms with Crippen molar-refractivity contribution in [3.05, 3.63) is 29.6 Å². The highest BCUT2D eigenvalue weighted by molar-refractivity contribution is 5.95. The third kappa shape index (κ3) is 9.02. The number of halogens is 1. The Morgan fingerprint density at radius 3 is 2.41 bits per heavy atom. The van der Waals surface area contributed by atoms with Gasteiger partial charge in [0, 0.05) is 51.8 Å². The number of nitrogens with zero attached hydrogens (tertiary/aromatic N) is 3. The Morgan fingerprint density at radius 1 is 1.06 bits per heavy atom. The Bertz CT molecular complexity index is 833. The number of hydrogen-bond donors (Lipinski definition) is 1. The molecule has 0 aliphatic carbocycles. The first kappa shape index (κ1) is 27.7. The molecule has 0 fully saturated rings. The lowest BCUT2D eigenvalue weighted by molar-refractivity contribution is -0.137. The Balaban J connectivity index is 2.37. The average molecular weight is 480 g/mol. The minimum absolute atomic E-state index is 0.0771. The van der Waals surface area contributed by atoms with Gasteiger partial charge in [0.05, 0.1) is 0 Å². The van der Waals surface area contributed by atoms with Crippen molar-refractivity contribution < 1.29 is 28.6 Å². The maximum atomic E-state index is 14.2. The number of carboxylic acids is 1. The van der Waals surface area contributed by atoms with Gasteiger partial charge in [-0.05, 0) is 62.0 Å². The van der Waals surface area contributed by atoms with Crippen LogP contribution in [0.15, 0.2) is 18.2 Å². The third-order valence-electron chi connectivity index (χ3n) is 5.78. The Labute approximate surface area is 201 Å². The minimum Gasteiger partial charge on any atom is -0.481 e. The zero-order valence-electron chi connectivity index (χ0n) is 20.6. The summed E-state index contributed by atoms with van der Waals surface area (Å²) in [5.41, 5.74) is 1.12. The van der Waals surface area contributed by atoms with Crippen molar-refractivity contribution in [2.45, 2.75) is 52.5 Å². The predicted molar refractivity (Wildman–Crippen MR) is 128 cm³/mol. The number of carbonyl (C=O) groups is 3. The molecule has 0 aromatic heterocycles. The third-order valence-corrected chi connectivity index (χ3v) is 5.78. The lowest BCUT2D eigenvalue weighted by atomic mass is 10.1. The molecule has 0 unspecified atom stereocenters. The monoisotopic (exact) mass is 479 g/mol. The molecule has 1 aromatic rings. The van der Waals surface area contributed by atoms with Crippen molar-refractivity contribution >= 4 is 23.5 Å². The van der Waals surface area contributed by atoms with Gasteiger partial charge in [-0.1, -0.05) is 13.8 Å². The topological polar surface area (TPSA) is 90.4 Å². The van der Waals surface area contributed by atoms with E-state index >= 15 is 0 Å². The molecule has 2 rings (SSSR count). The van der Waals surface area contributed by atoms with Crippen LogP contribution in [0.25, 0.3) is 0 Å². The number of amides is 2. The molecule has 1 aromatic carbocycles. The molecule has 0 spiro atoms. The number of carbonyl (C=O) groups excluding carboxylic acids is 2. The molecule has 0 saturated heterocycles.